The van der Waals surface area contributed by atoms with Crippen molar-refractivity contribution in [2.45, 2.75) is 25.7 Å². The molecule has 7 heteroatoms. The summed E-state index contributed by atoms with van der Waals surface area (Å²) in [7, 11) is 0. The van der Waals surface area contributed by atoms with Crippen LogP contribution in [0.25, 0.3) is 0 Å². The number of imide groups is 2. The number of ether oxygens (including phenoxy) is 1. The molecule has 6 aliphatic rings. The van der Waals surface area contributed by atoms with Crippen molar-refractivity contribution in [3.63, 3.8) is 0 Å². The van der Waals surface area contributed by atoms with Crippen LogP contribution in [0.4, 0.5) is 11.4 Å². The van der Waals surface area contributed by atoms with Gasteiger partial charge in [0.15, 0.2) is 0 Å². The number of carbonyl (C=O) groups excluding carboxylic acids is 4. The van der Waals surface area contributed by atoms with E-state index in [0.717, 1.165) is 25.7 Å². The number of amides is 4. The molecule has 8 unspecified atom stereocenters. The van der Waals surface area contributed by atoms with Crippen LogP contribution >= 0.6 is 0 Å². The van der Waals surface area contributed by atoms with Crippen molar-refractivity contribution in [2.24, 2.45) is 47.3 Å². The first-order valence-electron chi connectivity index (χ1n) is 15.2. The molecule has 0 spiro atoms. The fourth-order valence-electron chi connectivity index (χ4n) is 8.99. The van der Waals surface area contributed by atoms with Gasteiger partial charge in [0.2, 0.25) is 23.6 Å². The molecule has 0 radical (unpaired) electrons. The smallest absolute Gasteiger partial charge is 0.238 e. The summed E-state index contributed by atoms with van der Waals surface area (Å²) < 4.78 is 6.03. The molecule has 0 aromatic heterocycles. The summed E-state index contributed by atoms with van der Waals surface area (Å²) in [5.41, 5.74) is 3.57. The molecule has 2 aromatic rings. The van der Waals surface area contributed by atoms with Gasteiger partial charge in [-0.3, -0.25) is 29.0 Å². The van der Waals surface area contributed by atoms with Crippen LogP contribution in [0.3, 0.4) is 0 Å². The van der Waals surface area contributed by atoms with E-state index in [1.165, 1.54) is 20.9 Å². The van der Waals surface area contributed by atoms with Crippen molar-refractivity contribution in [2.75, 3.05) is 9.80 Å². The summed E-state index contributed by atoms with van der Waals surface area (Å²) in [6.45, 7) is 7.67. The molecule has 216 valence electrons. The number of hydrogen-bond donors (Lipinski definition) is 0. The molecule has 43 heavy (non-hydrogen) atoms. The van der Waals surface area contributed by atoms with Gasteiger partial charge in [0.05, 0.1) is 35.0 Å². The molecule has 7 nitrogen and oxygen atoms in total. The van der Waals surface area contributed by atoms with Gasteiger partial charge in [-0.15, -0.1) is 13.2 Å². The van der Waals surface area contributed by atoms with Gasteiger partial charge in [-0.25, -0.2) is 0 Å². The molecule has 2 aromatic carbocycles. The lowest BCUT2D eigenvalue weighted by Gasteiger charge is -2.21. The lowest BCUT2D eigenvalue weighted by Crippen LogP contribution is -2.32. The highest BCUT2D eigenvalue weighted by molar-refractivity contribution is 6.23. The molecule has 4 amide bonds. The maximum atomic E-state index is 13.4. The van der Waals surface area contributed by atoms with E-state index in [1.54, 1.807) is 48.5 Å². The van der Waals surface area contributed by atoms with Gasteiger partial charge in [-0.05, 0) is 97.9 Å². The van der Waals surface area contributed by atoms with Gasteiger partial charge in [-0.2, -0.15) is 0 Å². The summed E-state index contributed by atoms with van der Waals surface area (Å²) in [5.74, 6) is 0.0703. The van der Waals surface area contributed by atoms with E-state index in [2.05, 4.69) is 25.3 Å². The maximum Gasteiger partial charge on any atom is 0.238 e. The van der Waals surface area contributed by atoms with E-state index in [0.29, 0.717) is 22.9 Å². The van der Waals surface area contributed by atoms with E-state index < -0.39 is 0 Å². The SMILES string of the molecule is C=CCC1=CC2CC1C1C(=O)N(c3ccc(Oc4ccc(N5C(=O)C6C7C=C(CC=C)C(C7)C6C5=O)cc4)cc3)C(=O)C21. The Morgan fingerprint density at radius 2 is 0.977 bits per heavy atom. The summed E-state index contributed by atoms with van der Waals surface area (Å²) in [6.07, 6.45) is 11.4. The van der Waals surface area contributed by atoms with Gasteiger partial charge in [0, 0.05) is 0 Å². The van der Waals surface area contributed by atoms with Crippen molar-refractivity contribution in [1.29, 1.82) is 0 Å². The van der Waals surface area contributed by atoms with Gasteiger partial charge in [-0.1, -0.05) is 35.5 Å². The van der Waals surface area contributed by atoms with Crippen LogP contribution in [-0.2, 0) is 19.2 Å². The molecular weight excluding hydrogens is 540 g/mol. The van der Waals surface area contributed by atoms with Gasteiger partial charge >= 0.3 is 0 Å². The zero-order valence-electron chi connectivity index (χ0n) is 23.7. The summed E-state index contributed by atoms with van der Waals surface area (Å²) in [4.78, 5) is 56.2. The molecule has 2 saturated heterocycles. The maximum absolute atomic E-state index is 13.4. The Morgan fingerprint density at radius 3 is 1.35 bits per heavy atom. The summed E-state index contributed by atoms with van der Waals surface area (Å²) >= 11 is 0. The van der Waals surface area contributed by atoms with Gasteiger partial charge < -0.3 is 4.74 Å². The monoisotopic (exact) mass is 572 g/mol. The Labute approximate surface area is 250 Å². The zero-order valence-corrected chi connectivity index (χ0v) is 23.7. The van der Waals surface area contributed by atoms with E-state index >= 15 is 0 Å². The minimum Gasteiger partial charge on any atom is -0.457 e. The average molecular weight is 573 g/mol. The third kappa shape index (κ3) is 3.66. The van der Waals surface area contributed by atoms with E-state index in [9.17, 15) is 19.2 Å². The molecule has 4 bridgehead atoms. The molecular formula is C36H32N2O5. The molecule has 8 atom stereocenters. The lowest BCUT2D eigenvalue weighted by atomic mass is 9.80. The molecule has 8 rings (SSSR count). The molecule has 2 aliphatic heterocycles. The predicted octanol–water partition coefficient (Wildman–Crippen LogP) is 5.99. The zero-order chi connectivity index (χ0) is 29.6. The Bertz CT molecular complexity index is 1540. The third-order valence-corrected chi connectivity index (χ3v) is 10.6. The fourth-order valence-corrected chi connectivity index (χ4v) is 8.99. The fraction of sp³-hybridized carbons (Fsp3) is 0.333. The number of allylic oxidation sites excluding steroid dienone is 6. The molecule has 4 fully saturated rings. The minimum absolute atomic E-state index is 0.114. The van der Waals surface area contributed by atoms with Crippen molar-refractivity contribution in [1.82, 2.24) is 0 Å². The number of carbonyl (C=O) groups is 4. The van der Waals surface area contributed by atoms with Crippen molar-refractivity contribution >= 4 is 35.0 Å². The first-order valence-corrected chi connectivity index (χ1v) is 15.2. The van der Waals surface area contributed by atoms with Crippen LogP contribution in [0, 0.1) is 47.3 Å². The first-order chi connectivity index (χ1) is 20.9. The van der Waals surface area contributed by atoms with Crippen molar-refractivity contribution in [3.05, 3.63) is 97.1 Å². The second kappa shape index (κ2) is 9.49. The van der Waals surface area contributed by atoms with Crippen LogP contribution in [0.1, 0.15) is 25.7 Å². The van der Waals surface area contributed by atoms with Crippen LogP contribution in [-0.4, -0.2) is 23.6 Å². The predicted molar refractivity (Wildman–Crippen MR) is 161 cm³/mol. The van der Waals surface area contributed by atoms with E-state index in [4.69, 9.17) is 4.74 Å². The molecule has 4 aliphatic carbocycles. The highest BCUT2D eigenvalue weighted by atomic mass is 16.5. The Kier molecular flexibility index (Phi) is 5.77. The van der Waals surface area contributed by atoms with Crippen LogP contribution < -0.4 is 14.5 Å². The van der Waals surface area contributed by atoms with Crippen LogP contribution in [0.2, 0.25) is 0 Å². The minimum atomic E-state index is -0.276. The normalized spacial score (nSPS) is 33.2. The summed E-state index contributed by atoms with van der Waals surface area (Å²) in [6, 6.07) is 13.9. The Hall–Kier alpha value is -4.52. The second-order valence-electron chi connectivity index (χ2n) is 12.7. The standard InChI is InChI=1S/C36H32N2O5/c1-3-5-19-15-21-17-27(19)31-29(21)33(39)37(35(31)41)23-7-11-25(12-8-23)43-26-13-9-24(10-14-26)38-34(40)30-22-16-20(6-4-2)28(18-22)32(30)36(38)42/h3-4,7-16,21-22,27-32H,1-2,5-6,17-18H2. The highest BCUT2D eigenvalue weighted by Crippen LogP contribution is 2.58. The van der Waals surface area contributed by atoms with Gasteiger partial charge in [0.1, 0.15) is 11.5 Å². The van der Waals surface area contributed by atoms with E-state index in [-0.39, 0.29) is 71.0 Å². The molecule has 2 saturated carbocycles. The first kappa shape index (κ1) is 26.1. The largest absolute Gasteiger partial charge is 0.457 e. The molecule has 0 N–H and O–H groups in total. The Morgan fingerprint density at radius 1 is 0.605 bits per heavy atom. The Balaban J connectivity index is 0.947. The van der Waals surface area contributed by atoms with Crippen LogP contribution in [0.15, 0.2) is 97.1 Å². The topological polar surface area (TPSA) is 84.0 Å². The van der Waals surface area contributed by atoms with Crippen molar-refractivity contribution in [3.8, 4) is 11.5 Å². The number of benzene rings is 2. The highest BCUT2D eigenvalue weighted by Gasteiger charge is 2.62. The number of rotatable bonds is 8. The van der Waals surface area contributed by atoms with Crippen molar-refractivity contribution < 1.29 is 23.9 Å². The quantitative estimate of drug-likeness (QED) is 0.287. The van der Waals surface area contributed by atoms with Crippen LogP contribution in [0.5, 0.6) is 11.5 Å². The van der Waals surface area contributed by atoms with E-state index in [1.807, 2.05) is 12.2 Å². The number of nitrogens with zero attached hydrogens (tertiary/aromatic N) is 2. The molecule has 2 heterocycles. The van der Waals surface area contributed by atoms with Gasteiger partial charge in [0.25, 0.3) is 0 Å². The number of hydrogen-bond acceptors (Lipinski definition) is 5. The second-order valence-corrected chi connectivity index (χ2v) is 12.7. The summed E-state index contributed by atoms with van der Waals surface area (Å²) in [5, 5.41) is 0. The number of anilines is 2. The third-order valence-electron chi connectivity index (χ3n) is 10.6. The average Bonchev–Trinajstić information content (AvgIpc) is 3.83. The lowest BCUT2D eigenvalue weighted by molar-refractivity contribution is -0.124. The number of fused-ring (bicyclic) bond motifs is 10.